The second kappa shape index (κ2) is 7.74. The van der Waals surface area contributed by atoms with E-state index in [1.165, 1.54) is 23.1 Å². The van der Waals surface area contributed by atoms with Crippen LogP contribution in [0.1, 0.15) is 24.4 Å². The maximum atomic E-state index is 13.3. The zero-order chi connectivity index (χ0) is 18.8. The molecule has 1 fully saturated rings. The van der Waals surface area contributed by atoms with Crippen molar-refractivity contribution in [1.82, 2.24) is 0 Å². The number of anilines is 1. The third kappa shape index (κ3) is 4.01. The number of carbonyl (C=O) groups is 1. The van der Waals surface area contributed by atoms with Crippen LogP contribution in [0.2, 0.25) is 5.02 Å². The Labute approximate surface area is 162 Å². The average Bonchev–Trinajstić information content (AvgIpc) is 3.12. The summed E-state index contributed by atoms with van der Waals surface area (Å²) in [5.74, 6) is 0.932. The highest BCUT2D eigenvalue weighted by Crippen LogP contribution is 2.33. The standard InChI is InChI=1S/C20H20ClFN2O3/c21-15-11-14(4-5-16(15)22)23-20(25)12-24-7-1-2-17(24)13-3-6-18-19(10-13)27-9-8-26-18/h3-6,10-11,17H,1-2,7-9,12H2,(H,23,25)/p+1/t17-/m0/s1. The molecule has 0 spiro atoms. The fourth-order valence-corrected chi connectivity index (χ4v) is 3.97. The zero-order valence-corrected chi connectivity index (χ0v) is 15.5. The Morgan fingerprint density at radius 2 is 2.00 bits per heavy atom. The molecular weight excluding hydrogens is 371 g/mol. The number of halogens is 2. The molecule has 4 rings (SSSR count). The molecule has 2 N–H and O–H groups in total. The SMILES string of the molecule is O=C(C[NH+]1CCC[C@H]1c1ccc2c(c1)OCCO2)Nc1ccc(F)c(Cl)c1. The van der Waals surface area contributed by atoms with E-state index in [0.29, 0.717) is 25.4 Å². The lowest BCUT2D eigenvalue weighted by molar-refractivity contribution is -0.910. The molecule has 5 nitrogen and oxygen atoms in total. The van der Waals surface area contributed by atoms with E-state index in [1.807, 2.05) is 12.1 Å². The van der Waals surface area contributed by atoms with Crippen LogP contribution in [0.25, 0.3) is 0 Å². The second-order valence-corrected chi connectivity index (χ2v) is 7.27. The lowest BCUT2D eigenvalue weighted by Crippen LogP contribution is -3.11. The summed E-state index contributed by atoms with van der Waals surface area (Å²) in [6, 6.07) is 10.5. The van der Waals surface area contributed by atoms with Gasteiger partial charge in [0.05, 0.1) is 11.6 Å². The Kier molecular flexibility index (Phi) is 5.18. The molecule has 1 saturated heterocycles. The van der Waals surface area contributed by atoms with E-state index in [9.17, 15) is 9.18 Å². The van der Waals surface area contributed by atoms with Crippen LogP contribution in [0.3, 0.4) is 0 Å². The number of carbonyl (C=O) groups excluding carboxylic acids is 1. The van der Waals surface area contributed by atoms with Gasteiger partial charge in [-0.15, -0.1) is 0 Å². The van der Waals surface area contributed by atoms with E-state index < -0.39 is 5.82 Å². The Morgan fingerprint density at radius 3 is 2.81 bits per heavy atom. The molecule has 2 atom stereocenters. The molecule has 2 aromatic carbocycles. The van der Waals surface area contributed by atoms with Crippen molar-refractivity contribution in [2.75, 3.05) is 31.6 Å². The number of ether oxygens (including phenoxy) is 2. The van der Waals surface area contributed by atoms with Crippen LogP contribution in [0.4, 0.5) is 10.1 Å². The number of hydrogen-bond donors (Lipinski definition) is 2. The molecule has 2 aliphatic heterocycles. The number of hydrogen-bond acceptors (Lipinski definition) is 3. The van der Waals surface area contributed by atoms with Gasteiger partial charge >= 0.3 is 0 Å². The quantitative estimate of drug-likeness (QED) is 0.842. The van der Waals surface area contributed by atoms with Crippen molar-refractivity contribution >= 4 is 23.2 Å². The predicted octanol–water partition coefficient (Wildman–Crippen LogP) is 2.61. The summed E-state index contributed by atoms with van der Waals surface area (Å²) in [6.07, 6.45) is 2.08. The molecule has 0 radical (unpaired) electrons. The van der Waals surface area contributed by atoms with E-state index >= 15 is 0 Å². The molecular formula is C20H21ClFN2O3+. The lowest BCUT2D eigenvalue weighted by Gasteiger charge is -2.24. The summed E-state index contributed by atoms with van der Waals surface area (Å²) in [4.78, 5) is 13.7. The van der Waals surface area contributed by atoms with Gasteiger partial charge < -0.3 is 19.7 Å². The molecule has 27 heavy (non-hydrogen) atoms. The Morgan fingerprint density at radius 1 is 1.19 bits per heavy atom. The van der Waals surface area contributed by atoms with Gasteiger partial charge in [0.25, 0.3) is 5.91 Å². The smallest absolute Gasteiger partial charge is 0.279 e. The monoisotopic (exact) mass is 391 g/mol. The maximum Gasteiger partial charge on any atom is 0.279 e. The van der Waals surface area contributed by atoms with E-state index in [-0.39, 0.29) is 17.0 Å². The number of quaternary nitrogens is 1. The normalized spacial score (nSPS) is 21.1. The summed E-state index contributed by atoms with van der Waals surface area (Å²) < 4.78 is 24.5. The molecule has 142 valence electrons. The summed E-state index contributed by atoms with van der Waals surface area (Å²) >= 11 is 5.78. The van der Waals surface area contributed by atoms with Crippen molar-refractivity contribution in [2.24, 2.45) is 0 Å². The van der Waals surface area contributed by atoms with Gasteiger partial charge in [-0.05, 0) is 36.4 Å². The molecule has 2 aliphatic rings. The molecule has 0 bridgehead atoms. The molecule has 2 aromatic rings. The molecule has 7 heteroatoms. The van der Waals surface area contributed by atoms with Crippen molar-refractivity contribution < 1.29 is 23.6 Å². The van der Waals surface area contributed by atoms with Gasteiger partial charge in [-0.2, -0.15) is 0 Å². The van der Waals surface area contributed by atoms with Crippen molar-refractivity contribution in [3.05, 3.63) is 52.8 Å². The first-order valence-corrected chi connectivity index (χ1v) is 9.47. The van der Waals surface area contributed by atoms with Crippen LogP contribution in [0.15, 0.2) is 36.4 Å². The molecule has 0 aliphatic carbocycles. The predicted molar refractivity (Wildman–Crippen MR) is 100 cm³/mol. The maximum absolute atomic E-state index is 13.3. The van der Waals surface area contributed by atoms with Gasteiger partial charge in [0.15, 0.2) is 18.0 Å². The first-order valence-electron chi connectivity index (χ1n) is 9.09. The summed E-state index contributed by atoms with van der Waals surface area (Å²) in [5, 5.41) is 2.80. The first-order chi connectivity index (χ1) is 13.1. The van der Waals surface area contributed by atoms with Crippen LogP contribution >= 0.6 is 11.6 Å². The van der Waals surface area contributed by atoms with Crippen LogP contribution in [-0.2, 0) is 4.79 Å². The number of fused-ring (bicyclic) bond motifs is 1. The van der Waals surface area contributed by atoms with Gasteiger partial charge in [-0.3, -0.25) is 4.79 Å². The molecule has 1 amide bonds. The number of likely N-dealkylation sites (tertiary alicyclic amines) is 1. The van der Waals surface area contributed by atoms with E-state index in [2.05, 4.69) is 11.4 Å². The van der Waals surface area contributed by atoms with Crippen molar-refractivity contribution in [1.29, 1.82) is 0 Å². The van der Waals surface area contributed by atoms with Gasteiger partial charge in [-0.25, -0.2) is 4.39 Å². The highest BCUT2D eigenvalue weighted by atomic mass is 35.5. The number of amides is 1. The summed E-state index contributed by atoms with van der Waals surface area (Å²) in [7, 11) is 0. The number of rotatable bonds is 4. The largest absolute Gasteiger partial charge is 0.486 e. The van der Waals surface area contributed by atoms with Gasteiger partial charge in [0.1, 0.15) is 25.1 Å². The van der Waals surface area contributed by atoms with Crippen LogP contribution < -0.4 is 19.7 Å². The summed E-state index contributed by atoms with van der Waals surface area (Å²) in [5.41, 5.74) is 1.66. The Hall–Kier alpha value is -2.31. The van der Waals surface area contributed by atoms with Crippen LogP contribution in [-0.4, -0.2) is 32.2 Å². The summed E-state index contributed by atoms with van der Waals surface area (Å²) in [6.45, 7) is 2.39. The topological polar surface area (TPSA) is 52.0 Å². The molecule has 0 aromatic heterocycles. The minimum atomic E-state index is -0.501. The van der Waals surface area contributed by atoms with Crippen molar-refractivity contribution in [3.8, 4) is 11.5 Å². The van der Waals surface area contributed by atoms with Gasteiger partial charge in [-0.1, -0.05) is 11.6 Å². The fraction of sp³-hybridized carbons (Fsp3) is 0.350. The van der Waals surface area contributed by atoms with E-state index in [4.69, 9.17) is 21.1 Å². The third-order valence-electron chi connectivity index (χ3n) is 5.04. The fourth-order valence-electron chi connectivity index (χ4n) is 3.79. The van der Waals surface area contributed by atoms with Gasteiger partial charge in [0.2, 0.25) is 0 Å². The Bertz CT molecular complexity index is 861. The average molecular weight is 392 g/mol. The van der Waals surface area contributed by atoms with E-state index in [0.717, 1.165) is 36.4 Å². The number of nitrogens with one attached hydrogen (secondary N) is 2. The third-order valence-corrected chi connectivity index (χ3v) is 5.33. The van der Waals surface area contributed by atoms with Crippen molar-refractivity contribution in [2.45, 2.75) is 18.9 Å². The van der Waals surface area contributed by atoms with Crippen LogP contribution in [0, 0.1) is 5.82 Å². The molecule has 0 saturated carbocycles. The number of benzene rings is 2. The van der Waals surface area contributed by atoms with Crippen LogP contribution in [0.5, 0.6) is 11.5 Å². The van der Waals surface area contributed by atoms with E-state index in [1.54, 1.807) is 0 Å². The minimum Gasteiger partial charge on any atom is -0.486 e. The minimum absolute atomic E-state index is 0.00419. The highest BCUT2D eigenvalue weighted by Gasteiger charge is 2.32. The molecule has 1 unspecified atom stereocenters. The first kappa shape index (κ1) is 18.1. The Balaban J connectivity index is 1.43. The van der Waals surface area contributed by atoms with Gasteiger partial charge in [0, 0.05) is 24.1 Å². The highest BCUT2D eigenvalue weighted by molar-refractivity contribution is 6.31. The second-order valence-electron chi connectivity index (χ2n) is 6.86. The molecule has 2 heterocycles. The lowest BCUT2D eigenvalue weighted by atomic mass is 10.0. The zero-order valence-electron chi connectivity index (χ0n) is 14.8. The van der Waals surface area contributed by atoms with Crippen molar-refractivity contribution in [3.63, 3.8) is 0 Å².